The first-order valence-corrected chi connectivity index (χ1v) is 7.91. The average Bonchev–Trinajstić information content (AvgIpc) is 2.90. The van der Waals surface area contributed by atoms with Crippen LogP contribution in [0.5, 0.6) is 0 Å². The number of anilines is 1. The van der Waals surface area contributed by atoms with Crippen LogP contribution in [-0.2, 0) is 14.8 Å². The van der Waals surface area contributed by atoms with Gasteiger partial charge in [-0.2, -0.15) is 0 Å². The fraction of sp³-hybridized carbons (Fsp3) is 0.538. The van der Waals surface area contributed by atoms with Gasteiger partial charge in [0.1, 0.15) is 0 Å². The van der Waals surface area contributed by atoms with Crippen molar-refractivity contribution in [2.24, 2.45) is 0 Å². The van der Waals surface area contributed by atoms with E-state index in [1.54, 1.807) is 6.92 Å². The number of hydrogen-bond acceptors (Lipinski definition) is 3. The van der Waals surface area contributed by atoms with Crippen molar-refractivity contribution in [3.8, 4) is 0 Å². The molecular weight excluding hydrogens is 250 g/mol. The van der Waals surface area contributed by atoms with Crippen LogP contribution in [0.15, 0.2) is 30.3 Å². The molecule has 0 bridgehead atoms. The second-order valence-electron chi connectivity index (χ2n) is 4.40. The van der Waals surface area contributed by atoms with Gasteiger partial charge in [-0.3, -0.25) is 4.31 Å². The Bertz CT molecular complexity index is 466. The van der Waals surface area contributed by atoms with E-state index >= 15 is 0 Å². The van der Waals surface area contributed by atoms with Crippen LogP contribution in [0.4, 0.5) is 5.69 Å². The van der Waals surface area contributed by atoms with Crippen LogP contribution in [0.2, 0.25) is 0 Å². The van der Waals surface area contributed by atoms with Gasteiger partial charge in [0, 0.05) is 6.61 Å². The molecule has 100 valence electrons. The average molecular weight is 269 g/mol. The van der Waals surface area contributed by atoms with E-state index in [9.17, 15) is 8.42 Å². The third kappa shape index (κ3) is 3.03. The topological polar surface area (TPSA) is 46.6 Å². The number of para-hydroxylation sites is 1. The molecule has 1 aliphatic heterocycles. The number of rotatable bonds is 5. The van der Waals surface area contributed by atoms with E-state index in [0.717, 1.165) is 25.1 Å². The van der Waals surface area contributed by atoms with Gasteiger partial charge in [-0.25, -0.2) is 8.42 Å². The Morgan fingerprint density at radius 3 is 2.61 bits per heavy atom. The van der Waals surface area contributed by atoms with Crippen molar-refractivity contribution >= 4 is 15.7 Å². The normalized spacial score (nSPS) is 19.9. The molecule has 5 heteroatoms. The molecule has 1 atom stereocenters. The molecule has 0 amide bonds. The number of benzene rings is 1. The smallest absolute Gasteiger partial charge is 0.234 e. The lowest BCUT2D eigenvalue weighted by Crippen LogP contribution is -2.38. The highest BCUT2D eigenvalue weighted by Gasteiger charge is 2.26. The van der Waals surface area contributed by atoms with Gasteiger partial charge in [-0.05, 0) is 31.9 Å². The zero-order valence-electron chi connectivity index (χ0n) is 10.6. The summed E-state index contributed by atoms with van der Waals surface area (Å²) in [7, 11) is -3.25. The third-order valence-corrected chi connectivity index (χ3v) is 4.90. The Hall–Kier alpha value is -1.07. The molecule has 0 radical (unpaired) electrons. The van der Waals surface area contributed by atoms with Gasteiger partial charge in [0.25, 0.3) is 0 Å². The van der Waals surface area contributed by atoms with Crippen LogP contribution in [-0.4, -0.2) is 33.4 Å². The summed E-state index contributed by atoms with van der Waals surface area (Å²) in [4.78, 5) is 0. The maximum Gasteiger partial charge on any atom is 0.234 e. The summed E-state index contributed by atoms with van der Waals surface area (Å²) in [6, 6.07) is 9.22. The lowest BCUT2D eigenvalue weighted by Gasteiger charge is -2.26. The summed E-state index contributed by atoms with van der Waals surface area (Å²) < 4.78 is 31.3. The van der Waals surface area contributed by atoms with Crippen LogP contribution < -0.4 is 4.31 Å². The Labute approximate surface area is 109 Å². The number of sulfonamides is 1. The largest absolute Gasteiger partial charge is 0.376 e. The molecule has 0 aliphatic carbocycles. The molecule has 4 nitrogen and oxygen atoms in total. The Balaban J connectivity index is 2.23. The predicted molar refractivity (Wildman–Crippen MR) is 72.2 cm³/mol. The molecule has 0 aromatic heterocycles. The molecule has 1 heterocycles. The van der Waals surface area contributed by atoms with Crippen LogP contribution in [0.3, 0.4) is 0 Å². The van der Waals surface area contributed by atoms with E-state index in [2.05, 4.69) is 0 Å². The number of ether oxygens (including phenoxy) is 1. The maximum atomic E-state index is 12.2. The standard InChI is InChI=1S/C13H19NO3S/c1-2-18(15,16)14(11-13-9-6-10-17-13)12-7-4-3-5-8-12/h3-5,7-8,13H,2,6,9-11H2,1H3. The quantitative estimate of drug-likeness (QED) is 0.821. The third-order valence-electron chi connectivity index (χ3n) is 3.14. The molecule has 0 saturated carbocycles. The highest BCUT2D eigenvalue weighted by Crippen LogP contribution is 2.22. The molecule has 1 fully saturated rings. The molecule has 1 aliphatic rings. The number of nitrogens with zero attached hydrogens (tertiary/aromatic N) is 1. The van der Waals surface area contributed by atoms with Crippen LogP contribution >= 0.6 is 0 Å². The van der Waals surface area contributed by atoms with Crippen molar-refractivity contribution < 1.29 is 13.2 Å². The number of hydrogen-bond donors (Lipinski definition) is 0. The lowest BCUT2D eigenvalue weighted by atomic mass is 10.2. The van der Waals surface area contributed by atoms with Crippen molar-refractivity contribution in [2.75, 3.05) is 23.2 Å². The predicted octanol–water partition coefficient (Wildman–Crippen LogP) is 2.02. The SMILES string of the molecule is CCS(=O)(=O)N(CC1CCCO1)c1ccccc1. The van der Waals surface area contributed by atoms with Crippen molar-refractivity contribution in [3.05, 3.63) is 30.3 Å². The van der Waals surface area contributed by atoms with Crippen molar-refractivity contribution in [1.29, 1.82) is 0 Å². The van der Waals surface area contributed by atoms with Crippen molar-refractivity contribution in [1.82, 2.24) is 0 Å². The van der Waals surface area contributed by atoms with E-state index in [1.165, 1.54) is 4.31 Å². The summed E-state index contributed by atoms with van der Waals surface area (Å²) in [6.07, 6.45) is 1.97. The van der Waals surface area contributed by atoms with E-state index < -0.39 is 10.0 Å². The molecule has 1 unspecified atom stereocenters. The summed E-state index contributed by atoms with van der Waals surface area (Å²) >= 11 is 0. The molecule has 0 N–H and O–H groups in total. The summed E-state index contributed by atoms with van der Waals surface area (Å²) in [5.74, 6) is 0.106. The van der Waals surface area contributed by atoms with Gasteiger partial charge in [0.2, 0.25) is 10.0 Å². The molecule has 18 heavy (non-hydrogen) atoms. The first kappa shape index (κ1) is 13.4. The highest BCUT2D eigenvalue weighted by atomic mass is 32.2. The molecule has 1 aromatic rings. The Kier molecular flexibility index (Phi) is 4.24. The van der Waals surface area contributed by atoms with Crippen LogP contribution in [0, 0.1) is 0 Å². The fourth-order valence-electron chi connectivity index (χ4n) is 2.10. The van der Waals surface area contributed by atoms with E-state index in [0.29, 0.717) is 6.54 Å². The van der Waals surface area contributed by atoms with E-state index in [-0.39, 0.29) is 11.9 Å². The van der Waals surface area contributed by atoms with E-state index in [1.807, 2.05) is 30.3 Å². The Morgan fingerprint density at radius 2 is 2.06 bits per heavy atom. The van der Waals surface area contributed by atoms with Gasteiger partial charge in [-0.15, -0.1) is 0 Å². The lowest BCUT2D eigenvalue weighted by molar-refractivity contribution is 0.118. The van der Waals surface area contributed by atoms with Gasteiger partial charge < -0.3 is 4.74 Å². The molecular formula is C13H19NO3S. The minimum Gasteiger partial charge on any atom is -0.376 e. The second kappa shape index (κ2) is 5.71. The van der Waals surface area contributed by atoms with Crippen molar-refractivity contribution in [3.63, 3.8) is 0 Å². The monoisotopic (exact) mass is 269 g/mol. The van der Waals surface area contributed by atoms with Gasteiger partial charge >= 0.3 is 0 Å². The van der Waals surface area contributed by atoms with Crippen molar-refractivity contribution in [2.45, 2.75) is 25.9 Å². The Morgan fingerprint density at radius 1 is 1.33 bits per heavy atom. The molecule has 1 aromatic carbocycles. The van der Waals surface area contributed by atoms with Gasteiger partial charge in [-0.1, -0.05) is 18.2 Å². The maximum absolute atomic E-state index is 12.2. The first-order chi connectivity index (χ1) is 8.63. The van der Waals surface area contributed by atoms with Gasteiger partial charge in [0.15, 0.2) is 0 Å². The summed E-state index contributed by atoms with van der Waals surface area (Å²) in [5, 5.41) is 0. The van der Waals surface area contributed by atoms with Gasteiger partial charge in [0.05, 0.1) is 24.1 Å². The minimum atomic E-state index is -3.25. The van der Waals surface area contributed by atoms with Crippen LogP contribution in [0.25, 0.3) is 0 Å². The van der Waals surface area contributed by atoms with Crippen LogP contribution in [0.1, 0.15) is 19.8 Å². The zero-order valence-corrected chi connectivity index (χ0v) is 11.4. The second-order valence-corrected chi connectivity index (χ2v) is 6.58. The van der Waals surface area contributed by atoms with E-state index in [4.69, 9.17) is 4.74 Å². The fourth-order valence-corrected chi connectivity index (χ4v) is 3.25. The first-order valence-electron chi connectivity index (χ1n) is 6.30. The highest BCUT2D eigenvalue weighted by molar-refractivity contribution is 7.92. The molecule has 0 spiro atoms. The summed E-state index contributed by atoms with van der Waals surface area (Å²) in [6.45, 7) is 2.82. The summed E-state index contributed by atoms with van der Waals surface area (Å²) in [5.41, 5.74) is 0.717. The molecule has 1 saturated heterocycles. The molecule has 2 rings (SSSR count). The minimum absolute atomic E-state index is 0.0199. The zero-order chi connectivity index (χ0) is 13.0.